The van der Waals surface area contributed by atoms with Gasteiger partial charge < -0.3 is 9.84 Å². The van der Waals surface area contributed by atoms with Gasteiger partial charge in [-0.2, -0.15) is 0 Å². The topological polar surface area (TPSA) is 92.7 Å². The highest BCUT2D eigenvalue weighted by Gasteiger charge is 2.20. The van der Waals surface area contributed by atoms with Crippen LogP contribution in [0.1, 0.15) is 17.3 Å². The fourth-order valence-corrected chi connectivity index (χ4v) is 3.57. The third-order valence-electron chi connectivity index (χ3n) is 1.86. The van der Waals surface area contributed by atoms with E-state index in [1.54, 1.807) is 6.92 Å². The SMILES string of the molecule is COCC(C)NS(=O)(=O)c1cc(C(=O)O)cs1. The summed E-state index contributed by atoms with van der Waals surface area (Å²) in [7, 11) is -2.20. The van der Waals surface area contributed by atoms with E-state index in [9.17, 15) is 13.2 Å². The van der Waals surface area contributed by atoms with E-state index in [0.29, 0.717) is 0 Å². The first kappa shape index (κ1) is 14.1. The van der Waals surface area contributed by atoms with Crippen LogP contribution in [0.5, 0.6) is 0 Å². The molecule has 0 saturated heterocycles. The zero-order chi connectivity index (χ0) is 13.1. The minimum atomic E-state index is -3.67. The van der Waals surface area contributed by atoms with Gasteiger partial charge in [-0.15, -0.1) is 11.3 Å². The molecule has 0 aliphatic rings. The number of methoxy groups -OCH3 is 1. The quantitative estimate of drug-likeness (QED) is 0.802. The summed E-state index contributed by atoms with van der Waals surface area (Å²) in [6.45, 7) is 1.91. The second-order valence-corrected chi connectivity index (χ2v) is 6.29. The minimum absolute atomic E-state index is 0.0159. The maximum Gasteiger partial charge on any atom is 0.336 e. The Hall–Kier alpha value is -0.960. The smallest absolute Gasteiger partial charge is 0.336 e. The van der Waals surface area contributed by atoms with Crippen LogP contribution in [0.3, 0.4) is 0 Å². The minimum Gasteiger partial charge on any atom is -0.478 e. The predicted octanol–water partition coefficient (Wildman–Crippen LogP) is 0.760. The summed E-state index contributed by atoms with van der Waals surface area (Å²) in [5.74, 6) is -1.15. The number of sulfonamides is 1. The zero-order valence-corrected chi connectivity index (χ0v) is 11.0. The Morgan fingerprint density at radius 2 is 2.29 bits per heavy atom. The summed E-state index contributed by atoms with van der Waals surface area (Å²) in [6, 6.07) is 0.759. The molecule has 0 aromatic carbocycles. The summed E-state index contributed by atoms with van der Waals surface area (Å²) in [5, 5.41) is 9.99. The Balaban J connectivity index is 2.86. The Bertz CT molecular complexity index is 493. The van der Waals surface area contributed by atoms with Crippen LogP contribution in [0.25, 0.3) is 0 Å². The number of carboxylic acid groups (broad SMARTS) is 1. The van der Waals surface area contributed by atoms with Crippen molar-refractivity contribution in [2.24, 2.45) is 0 Å². The number of carboxylic acids is 1. The van der Waals surface area contributed by atoms with Crippen LogP contribution in [0, 0.1) is 0 Å². The van der Waals surface area contributed by atoms with Crippen molar-refractivity contribution in [3.05, 3.63) is 17.0 Å². The average molecular weight is 279 g/mol. The molecule has 0 amide bonds. The van der Waals surface area contributed by atoms with Gasteiger partial charge in [-0.3, -0.25) is 0 Å². The first-order chi connectivity index (χ1) is 7.86. The summed E-state index contributed by atoms with van der Waals surface area (Å²) in [4.78, 5) is 10.6. The molecular formula is C9H13NO5S2. The standard InChI is InChI=1S/C9H13NO5S2/c1-6(4-15-2)10-17(13,14)8-3-7(5-16-8)9(11)12/h3,5-6,10H,4H2,1-2H3,(H,11,12). The molecule has 0 saturated carbocycles. The lowest BCUT2D eigenvalue weighted by atomic mass is 10.4. The second kappa shape index (κ2) is 5.58. The summed E-state index contributed by atoms with van der Waals surface area (Å²) in [5.41, 5.74) is -0.0326. The average Bonchev–Trinajstić information content (AvgIpc) is 2.65. The normalized spacial score (nSPS) is 13.5. The molecule has 6 nitrogen and oxygen atoms in total. The van der Waals surface area contributed by atoms with Crippen LogP contribution < -0.4 is 4.72 Å². The molecule has 0 bridgehead atoms. The summed E-state index contributed by atoms with van der Waals surface area (Å²) in [6.07, 6.45) is 0. The fraction of sp³-hybridized carbons (Fsp3) is 0.444. The Morgan fingerprint density at radius 1 is 1.65 bits per heavy atom. The molecule has 0 fully saturated rings. The molecule has 1 aromatic heterocycles. The maximum atomic E-state index is 11.8. The van der Waals surface area contributed by atoms with Gasteiger partial charge in [0.05, 0.1) is 12.2 Å². The molecule has 96 valence electrons. The number of nitrogens with one attached hydrogen (secondary N) is 1. The van der Waals surface area contributed by atoms with Crippen LogP contribution in [0.2, 0.25) is 0 Å². The lowest BCUT2D eigenvalue weighted by Crippen LogP contribution is -2.35. The van der Waals surface area contributed by atoms with Gasteiger partial charge in [0, 0.05) is 18.5 Å². The molecular weight excluding hydrogens is 266 g/mol. The van der Waals surface area contributed by atoms with E-state index in [0.717, 1.165) is 17.4 Å². The molecule has 1 aromatic rings. The molecule has 1 atom stereocenters. The molecule has 2 N–H and O–H groups in total. The maximum absolute atomic E-state index is 11.8. The summed E-state index contributed by atoms with van der Waals surface area (Å²) >= 11 is 0.873. The van der Waals surface area contributed by atoms with Crippen molar-refractivity contribution in [1.82, 2.24) is 4.72 Å². The number of hydrogen-bond donors (Lipinski definition) is 2. The van der Waals surface area contributed by atoms with Crippen molar-refractivity contribution in [3.8, 4) is 0 Å². The van der Waals surface area contributed by atoms with Gasteiger partial charge in [0.15, 0.2) is 0 Å². The first-order valence-corrected chi connectivity index (χ1v) is 7.06. The van der Waals surface area contributed by atoms with Gasteiger partial charge in [0.25, 0.3) is 0 Å². The van der Waals surface area contributed by atoms with Crippen molar-refractivity contribution in [3.63, 3.8) is 0 Å². The van der Waals surface area contributed by atoms with Crippen molar-refractivity contribution in [2.75, 3.05) is 13.7 Å². The molecule has 1 unspecified atom stereocenters. The van der Waals surface area contributed by atoms with E-state index in [1.165, 1.54) is 12.5 Å². The third-order valence-corrected chi connectivity index (χ3v) is 4.89. The molecule has 1 heterocycles. The number of aromatic carboxylic acids is 1. The fourth-order valence-electron chi connectivity index (χ4n) is 1.18. The number of ether oxygens (including phenoxy) is 1. The van der Waals surface area contributed by atoms with E-state index in [2.05, 4.69) is 4.72 Å². The van der Waals surface area contributed by atoms with Gasteiger partial charge in [0.2, 0.25) is 10.0 Å². The van der Waals surface area contributed by atoms with Crippen LogP contribution in [-0.2, 0) is 14.8 Å². The lowest BCUT2D eigenvalue weighted by molar-refractivity contribution is 0.0697. The van der Waals surface area contributed by atoms with E-state index in [4.69, 9.17) is 9.84 Å². The zero-order valence-electron chi connectivity index (χ0n) is 9.34. The number of hydrogen-bond acceptors (Lipinski definition) is 5. The molecule has 0 aliphatic heterocycles. The summed E-state index contributed by atoms with van der Waals surface area (Å²) < 4.78 is 30.8. The monoisotopic (exact) mass is 279 g/mol. The van der Waals surface area contributed by atoms with Gasteiger partial charge >= 0.3 is 5.97 Å². The molecule has 17 heavy (non-hydrogen) atoms. The van der Waals surface area contributed by atoms with Crippen molar-refractivity contribution in [2.45, 2.75) is 17.2 Å². The van der Waals surface area contributed by atoms with Gasteiger partial charge in [-0.25, -0.2) is 17.9 Å². The molecule has 8 heteroatoms. The van der Waals surface area contributed by atoms with E-state index >= 15 is 0 Å². The number of carbonyl (C=O) groups is 1. The highest BCUT2D eigenvalue weighted by molar-refractivity contribution is 7.91. The van der Waals surface area contributed by atoms with E-state index in [-0.39, 0.29) is 22.4 Å². The van der Waals surface area contributed by atoms with Gasteiger partial charge in [-0.1, -0.05) is 0 Å². The highest BCUT2D eigenvalue weighted by atomic mass is 32.2. The molecule has 0 radical (unpaired) electrons. The van der Waals surface area contributed by atoms with Crippen LogP contribution in [-0.4, -0.2) is 39.3 Å². The van der Waals surface area contributed by atoms with E-state index < -0.39 is 16.0 Å². The number of rotatable bonds is 6. The first-order valence-electron chi connectivity index (χ1n) is 4.70. The van der Waals surface area contributed by atoms with Crippen LogP contribution in [0.4, 0.5) is 0 Å². The van der Waals surface area contributed by atoms with E-state index in [1.807, 2.05) is 0 Å². The van der Waals surface area contributed by atoms with Crippen LogP contribution >= 0.6 is 11.3 Å². The second-order valence-electron chi connectivity index (χ2n) is 3.44. The van der Waals surface area contributed by atoms with Crippen molar-refractivity contribution < 1.29 is 23.1 Å². The van der Waals surface area contributed by atoms with Crippen molar-refractivity contribution in [1.29, 1.82) is 0 Å². The largest absolute Gasteiger partial charge is 0.478 e. The predicted molar refractivity (Wildman–Crippen MR) is 62.9 cm³/mol. The van der Waals surface area contributed by atoms with Crippen molar-refractivity contribution >= 4 is 27.3 Å². The number of thiophene rings is 1. The molecule has 0 aliphatic carbocycles. The van der Waals surface area contributed by atoms with Gasteiger partial charge in [0.1, 0.15) is 4.21 Å². The molecule has 1 rings (SSSR count). The highest BCUT2D eigenvalue weighted by Crippen LogP contribution is 2.20. The molecule has 0 spiro atoms. The Labute approximate surface area is 103 Å². The lowest BCUT2D eigenvalue weighted by Gasteiger charge is -2.11. The Morgan fingerprint density at radius 3 is 2.76 bits per heavy atom. The third kappa shape index (κ3) is 3.77. The van der Waals surface area contributed by atoms with Gasteiger partial charge in [-0.05, 0) is 13.0 Å². The van der Waals surface area contributed by atoms with Crippen LogP contribution in [0.15, 0.2) is 15.7 Å². The Kier molecular flexibility index (Phi) is 4.63.